The van der Waals surface area contributed by atoms with E-state index in [2.05, 4.69) is 10.6 Å². The molecule has 1 aromatic carbocycles. The van der Waals surface area contributed by atoms with E-state index in [1.54, 1.807) is 20.8 Å². The first-order chi connectivity index (χ1) is 18.7. The molecule has 0 bridgehead atoms. The van der Waals surface area contributed by atoms with Crippen molar-refractivity contribution in [1.82, 2.24) is 15.5 Å². The topological polar surface area (TPSA) is 148 Å². The molecule has 0 spiro atoms. The van der Waals surface area contributed by atoms with Crippen LogP contribution in [0.15, 0.2) is 24.3 Å². The Balaban J connectivity index is 1.60. The number of ether oxygens (including phenoxy) is 1. The number of alkyl halides is 1. The number of piperidine rings is 1. The lowest BCUT2D eigenvalue weighted by atomic mass is 9.94. The van der Waals surface area contributed by atoms with Crippen molar-refractivity contribution in [1.29, 1.82) is 0 Å². The quantitative estimate of drug-likeness (QED) is 0.304. The minimum absolute atomic E-state index is 0.131. The largest absolute Gasteiger partial charge is 0.444 e. The summed E-state index contributed by atoms with van der Waals surface area (Å²) < 4.78 is 5.48. The Hall–Kier alpha value is -3.14. The molecule has 4 N–H and O–H groups in total. The smallest absolute Gasteiger partial charge is 0.408 e. The average Bonchev–Trinajstić information content (AvgIpc) is 3.24. The minimum atomic E-state index is -1.13. The van der Waals surface area contributed by atoms with Crippen molar-refractivity contribution < 1.29 is 28.7 Å². The SMILES string of the molecule is CCCC(NC(=O)[C@@H]1[C@@H]2[C@H](CN1C(=O)[C@@H](NC(=O)OC(C)(C)C)C1Cc3ccccc3C1)C2(C)Cl)C(=O)C(N)=O. The Morgan fingerprint density at radius 2 is 1.73 bits per heavy atom. The molecule has 10 nitrogen and oxygen atoms in total. The average molecular weight is 575 g/mol. The van der Waals surface area contributed by atoms with E-state index in [4.69, 9.17) is 22.1 Å². The van der Waals surface area contributed by atoms with E-state index in [-0.39, 0.29) is 30.7 Å². The molecule has 218 valence electrons. The van der Waals surface area contributed by atoms with E-state index in [1.807, 2.05) is 38.1 Å². The number of carbonyl (C=O) groups excluding carboxylic acids is 5. The van der Waals surface area contributed by atoms with E-state index < -0.39 is 58.2 Å². The van der Waals surface area contributed by atoms with Crippen LogP contribution >= 0.6 is 11.6 Å². The van der Waals surface area contributed by atoms with E-state index in [9.17, 15) is 24.0 Å². The van der Waals surface area contributed by atoms with Gasteiger partial charge in [0.1, 0.15) is 17.7 Å². The van der Waals surface area contributed by atoms with Gasteiger partial charge in [-0.05, 0) is 64.0 Å². The maximum atomic E-state index is 14.2. The number of carbonyl (C=O) groups is 5. The highest BCUT2D eigenvalue weighted by atomic mass is 35.5. The van der Waals surface area contributed by atoms with Gasteiger partial charge in [0.05, 0.1) is 10.9 Å². The Morgan fingerprint density at radius 3 is 2.25 bits per heavy atom. The van der Waals surface area contributed by atoms with Gasteiger partial charge < -0.3 is 26.0 Å². The maximum Gasteiger partial charge on any atom is 0.408 e. The highest BCUT2D eigenvalue weighted by Crippen LogP contribution is 2.62. The van der Waals surface area contributed by atoms with Crippen LogP contribution in [0.2, 0.25) is 0 Å². The van der Waals surface area contributed by atoms with Crippen LogP contribution < -0.4 is 16.4 Å². The second-order valence-corrected chi connectivity index (χ2v) is 13.2. The fourth-order valence-electron chi connectivity index (χ4n) is 6.28. The highest BCUT2D eigenvalue weighted by Gasteiger charge is 2.72. The second-order valence-electron chi connectivity index (χ2n) is 12.4. The fraction of sp³-hybridized carbons (Fsp3) is 0.621. The standard InChI is InChI=1S/C29H39ClN4O6/c1-6-9-19(23(35)24(31)36)32-25(37)22-20-18(29(20,5)30)14-34(22)26(38)21(33-27(39)40-28(2,3)4)17-12-15-10-7-8-11-16(15)13-17/h7-8,10-11,17-22H,6,9,12-14H2,1-5H3,(H2,31,36)(H,32,37)(H,33,39)/t18-,19?,20-,21-,22-,29?/m0/s1. The molecule has 3 aliphatic rings. The molecule has 2 aliphatic carbocycles. The summed E-state index contributed by atoms with van der Waals surface area (Å²) in [7, 11) is 0. The molecule has 1 saturated heterocycles. The van der Waals surface area contributed by atoms with Gasteiger partial charge in [-0.3, -0.25) is 19.2 Å². The summed E-state index contributed by atoms with van der Waals surface area (Å²) >= 11 is 6.70. The van der Waals surface area contributed by atoms with Crippen LogP contribution in [-0.4, -0.2) is 69.6 Å². The number of likely N-dealkylation sites (tertiary alicyclic amines) is 1. The van der Waals surface area contributed by atoms with Crippen molar-refractivity contribution in [2.24, 2.45) is 23.5 Å². The maximum absolute atomic E-state index is 14.2. The second kappa shape index (κ2) is 11.0. The van der Waals surface area contributed by atoms with Gasteiger partial charge in [0.25, 0.3) is 5.91 Å². The van der Waals surface area contributed by atoms with Crippen molar-refractivity contribution in [2.45, 2.75) is 88.9 Å². The number of nitrogens with two attached hydrogens (primary N) is 1. The van der Waals surface area contributed by atoms with Crippen LogP contribution in [0.3, 0.4) is 0 Å². The number of nitrogens with zero attached hydrogens (tertiary/aromatic N) is 1. The Bertz CT molecular complexity index is 1190. The van der Waals surface area contributed by atoms with Gasteiger partial charge in [0.15, 0.2) is 0 Å². The molecular weight excluding hydrogens is 536 g/mol. The summed E-state index contributed by atoms with van der Waals surface area (Å²) in [6.45, 7) is 9.10. The van der Waals surface area contributed by atoms with Gasteiger partial charge in [-0.2, -0.15) is 0 Å². The number of benzene rings is 1. The number of nitrogens with one attached hydrogen (secondary N) is 2. The highest BCUT2D eigenvalue weighted by molar-refractivity contribution is 6.37. The van der Waals surface area contributed by atoms with Gasteiger partial charge in [-0.25, -0.2) is 4.79 Å². The van der Waals surface area contributed by atoms with Crippen LogP contribution in [-0.2, 0) is 36.8 Å². The van der Waals surface area contributed by atoms with Crippen molar-refractivity contribution in [3.05, 3.63) is 35.4 Å². The first kappa shape index (κ1) is 29.8. The lowest BCUT2D eigenvalue weighted by Gasteiger charge is -2.35. The number of amides is 4. The third kappa shape index (κ3) is 5.96. The zero-order valence-electron chi connectivity index (χ0n) is 23.7. The van der Waals surface area contributed by atoms with Crippen LogP contribution in [0.25, 0.3) is 0 Å². The summed E-state index contributed by atoms with van der Waals surface area (Å²) in [4.78, 5) is 65.5. The van der Waals surface area contributed by atoms with E-state index in [1.165, 1.54) is 4.90 Å². The number of rotatable bonds is 9. The van der Waals surface area contributed by atoms with Gasteiger partial charge in [-0.1, -0.05) is 37.6 Å². The first-order valence-corrected chi connectivity index (χ1v) is 14.2. The first-order valence-electron chi connectivity index (χ1n) is 13.8. The Morgan fingerprint density at radius 1 is 1.12 bits per heavy atom. The molecular formula is C29H39ClN4O6. The molecule has 4 rings (SSSR count). The summed E-state index contributed by atoms with van der Waals surface area (Å²) in [5.41, 5.74) is 6.65. The van der Waals surface area contributed by atoms with E-state index in [0.717, 1.165) is 11.1 Å². The number of hydrogen-bond acceptors (Lipinski definition) is 6. The monoisotopic (exact) mass is 574 g/mol. The van der Waals surface area contributed by atoms with E-state index in [0.29, 0.717) is 19.3 Å². The zero-order valence-corrected chi connectivity index (χ0v) is 24.4. The third-order valence-corrected chi connectivity index (χ3v) is 8.80. The molecule has 40 heavy (non-hydrogen) atoms. The molecule has 11 heteroatoms. The van der Waals surface area contributed by atoms with Crippen LogP contribution in [0.1, 0.15) is 58.6 Å². The summed E-state index contributed by atoms with van der Waals surface area (Å²) in [5.74, 6) is -3.71. The summed E-state index contributed by atoms with van der Waals surface area (Å²) in [5, 5.41) is 5.46. The van der Waals surface area contributed by atoms with Crippen LogP contribution in [0.4, 0.5) is 4.79 Å². The third-order valence-electron chi connectivity index (χ3n) is 8.27. The number of ketones is 1. The molecule has 1 aliphatic heterocycles. The lowest BCUT2D eigenvalue weighted by molar-refractivity contribution is -0.144. The number of Topliss-reactive ketones (excluding diaryl/α,β-unsaturated/α-hetero) is 1. The van der Waals surface area contributed by atoms with E-state index >= 15 is 0 Å². The Labute approximate surface area is 239 Å². The number of halogens is 1. The number of alkyl carbamates (subject to hydrolysis) is 1. The minimum Gasteiger partial charge on any atom is -0.444 e. The molecule has 0 radical (unpaired) electrons. The predicted octanol–water partition coefficient (Wildman–Crippen LogP) is 2.09. The molecule has 4 amide bonds. The van der Waals surface area contributed by atoms with Gasteiger partial charge >= 0.3 is 6.09 Å². The normalized spacial score (nSPS) is 26.8. The molecule has 1 saturated carbocycles. The molecule has 6 atom stereocenters. The van der Waals surface area contributed by atoms with Crippen molar-refractivity contribution in [3.8, 4) is 0 Å². The van der Waals surface area contributed by atoms with Crippen molar-refractivity contribution in [2.75, 3.05) is 6.54 Å². The van der Waals surface area contributed by atoms with Gasteiger partial charge in [0.2, 0.25) is 17.6 Å². The predicted molar refractivity (Wildman–Crippen MR) is 148 cm³/mol. The molecule has 1 heterocycles. The van der Waals surface area contributed by atoms with Crippen LogP contribution in [0.5, 0.6) is 0 Å². The number of primary amides is 1. The van der Waals surface area contributed by atoms with Crippen LogP contribution in [0, 0.1) is 17.8 Å². The number of fused-ring (bicyclic) bond motifs is 2. The van der Waals surface area contributed by atoms with Gasteiger partial charge in [0, 0.05) is 18.4 Å². The van der Waals surface area contributed by atoms with Crippen molar-refractivity contribution >= 4 is 41.2 Å². The lowest BCUT2D eigenvalue weighted by Crippen LogP contribution is -2.60. The summed E-state index contributed by atoms with van der Waals surface area (Å²) in [6, 6.07) is 4.89. The molecule has 2 unspecified atom stereocenters. The zero-order chi connectivity index (χ0) is 29.6. The Kier molecular flexibility index (Phi) is 8.23. The molecule has 2 fully saturated rings. The summed E-state index contributed by atoms with van der Waals surface area (Å²) in [6.07, 6.45) is 1.20. The van der Waals surface area contributed by atoms with Gasteiger partial charge in [-0.15, -0.1) is 11.6 Å². The number of hydrogen-bond donors (Lipinski definition) is 3. The fourth-order valence-corrected chi connectivity index (χ4v) is 6.70. The molecule has 1 aromatic rings. The van der Waals surface area contributed by atoms with Crippen molar-refractivity contribution in [3.63, 3.8) is 0 Å². The molecule has 0 aromatic heterocycles.